The number of aliphatic carboxylic acids is 1. The first-order valence-electron chi connectivity index (χ1n) is 7.24. The molecule has 3 N–H and O–H groups in total. The van der Waals surface area contributed by atoms with Crippen LogP contribution in [0.2, 0.25) is 0 Å². The molecule has 1 atom stereocenters. The molecule has 1 fully saturated rings. The van der Waals surface area contributed by atoms with E-state index in [2.05, 4.69) is 17.6 Å². The number of hydrogen-bond acceptors (Lipinski definition) is 4. The number of urea groups is 1. The average molecular weight is 302 g/mol. The summed E-state index contributed by atoms with van der Waals surface area (Å²) in [6.45, 7) is 2.72. The molecule has 0 aromatic carbocycles. The van der Waals surface area contributed by atoms with Gasteiger partial charge in [-0.15, -0.1) is 0 Å². The van der Waals surface area contributed by atoms with E-state index in [1.165, 1.54) is 7.11 Å². The van der Waals surface area contributed by atoms with E-state index in [0.717, 1.165) is 12.8 Å². The second-order valence-electron chi connectivity index (χ2n) is 5.72. The van der Waals surface area contributed by atoms with E-state index < -0.39 is 17.5 Å². The Kier molecular flexibility index (Phi) is 6.91. The van der Waals surface area contributed by atoms with Crippen LogP contribution in [0.15, 0.2) is 0 Å². The van der Waals surface area contributed by atoms with E-state index in [0.29, 0.717) is 25.4 Å². The van der Waals surface area contributed by atoms with Gasteiger partial charge in [0.05, 0.1) is 12.7 Å². The highest BCUT2D eigenvalue weighted by molar-refractivity contribution is 5.86. The summed E-state index contributed by atoms with van der Waals surface area (Å²) in [7, 11) is 3.08. The van der Waals surface area contributed by atoms with Crippen LogP contribution in [0.3, 0.4) is 0 Å². The van der Waals surface area contributed by atoms with Crippen molar-refractivity contribution in [3.8, 4) is 0 Å². The molecule has 1 unspecified atom stereocenters. The maximum Gasteiger partial charge on any atom is 0.329 e. The SMILES string of the molecule is COCC(CNC(=O)NC1(C(=O)O)CCC(C)CC1)OC. The molecule has 0 bridgehead atoms. The van der Waals surface area contributed by atoms with Crippen LogP contribution >= 0.6 is 0 Å². The Balaban J connectivity index is 2.52. The minimum absolute atomic E-state index is 0.257. The van der Waals surface area contributed by atoms with Gasteiger partial charge in [-0.25, -0.2) is 9.59 Å². The van der Waals surface area contributed by atoms with Crippen molar-refractivity contribution in [2.45, 2.75) is 44.2 Å². The number of methoxy groups -OCH3 is 2. The Labute approximate surface area is 125 Å². The van der Waals surface area contributed by atoms with Crippen molar-refractivity contribution in [2.75, 3.05) is 27.4 Å². The molecule has 1 aliphatic carbocycles. The topological polar surface area (TPSA) is 96.9 Å². The molecular weight excluding hydrogens is 276 g/mol. The molecular formula is C14H26N2O5. The smallest absolute Gasteiger partial charge is 0.329 e. The van der Waals surface area contributed by atoms with Crippen molar-refractivity contribution in [1.29, 1.82) is 0 Å². The summed E-state index contributed by atoms with van der Waals surface area (Å²) in [5.74, 6) is -0.466. The third-order valence-corrected chi connectivity index (χ3v) is 4.07. The number of nitrogens with one attached hydrogen (secondary N) is 2. The summed E-state index contributed by atoms with van der Waals surface area (Å²) in [5, 5.41) is 14.7. The Morgan fingerprint density at radius 3 is 2.43 bits per heavy atom. The van der Waals surface area contributed by atoms with Crippen LogP contribution in [-0.4, -0.2) is 56.1 Å². The molecule has 0 aliphatic heterocycles. The second kappa shape index (κ2) is 8.19. The van der Waals surface area contributed by atoms with Gasteiger partial charge in [-0.3, -0.25) is 0 Å². The van der Waals surface area contributed by atoms with Crippen molar-refractivity contribution >= 4 is 12.0 Å². The fourth-order valence-corrected chi connectivity index (χ4v) is 2.51. The number of carboxylic acid groups (broad SMARTS) is 1. The van der Waals surface area contributed by atoms with Crippen LogP contribution in [0.1, 0.15) is 32.6 Å². The number of carbonyl (C=O) groups excluding carboxylic acids is 1. The molecule has 1 rings (SSSR count). The lowest BCUT2D eigenvalue weighted by Gasteiger charge is -2.36. The Morgan fingerprint density at radius 1 is 1.33 bits per heavy atom. The standard InChI is InChI=1S/C14H26N2O5/c1-10-4-6-14(7-5-10,12(17)18)16-13(19)15-8-11(21-3)9-20-2/h10-11H,4-9H2,1-3H3,(H,17,18)(H2,15,16,19). The highest BCUT2D eigenvalue weighted by atomic mass is 16.5. The highest BCUT2D eigenvalue weighted by Crippen LogP contribution is 2.32. The molecule has 0 saturated heterocycles. The molecule has 7 nitrogen and oxygen atoms in total. The maximum absolute atomic E-state index is 11.9. The molecule has 1 aliphatic rings. The Hall–Kier alpha value is -1.34. The average Bonchev–Trinajstić information content (AvgIpc) is 2.46. The fraction of sp³-hybridized carbons (Fsp3) is 0.857. The monoisotopic (exact) mass is 302 g/mol. The van der Waals surface area contributed by atoms with Crippen LogP contribution < -0.4 is 10.6 Å². The van der Waals surface area contributed by atoms with E-state index in [1.807, 2.05) is 0 Å². The van der Waals surface area contributed by atoms with Gasteiger partial charge in [0, 0.05) is 20.8 Å². The molecule has 1 saturated carbocycles. The van der Waals surface area contributed by atoms with Gasteiger partial charge in [0.15, 0.2) is 0 Å². The number of hydrogen-bond donors (Lipinski definition) is 3. The van der Waals surface area contributed by atoms with Gasteiger partial charge in [-0.05, 0) is 31.6 Å². The van der Waals surface area contributed by atoms with Gasteiger partial charge in [0.25, 0.3) is 0 Å². The molecule has 0 aromatic rings. The summed E-state index contributed by atoms with van der Waals surface area (Å²) in [6.07, 6.45) is 2.27. The van der Waals surface area contributed by atoms with Gasteiger partial charge in [-0.2, -0.15) is 0 Å². The van der Waals surface area contributed by atoms with Crippen LogP contribution in [0.25, 0.3) is 0 Å². The van der Waals surface area contributed by atoms with Crippen molar-refractivity contribution < 1.29 is 24.2 Å². The van der Waals surface area contributed by atoms with Crippen LogP contribution in [0.5, 0.6) is 0 Å². The minimum atomic E-state index is -1.15. The van der Waals surface area contributed by atoms with Crippen LogP contribution in [0, 0.1) is 5.92 Å². The lowest BCUT2D eigenvalue weighted by Crippen LogP contribution is -2.59. The number of rotatable bonds is 7. The Morgan fingerprint density at radius 2 is 1.95 bits per heavy atom. The zero-order valence-corrected chi connectivity index (χ0v) is 13.0. The van der Waals surface area contributed by atoms with Gasteiger partial charge in [-0.1, -0.05) is 6.92 Å². The fourth-order valence-electron chi connectivity index (χ4n) is 2.51. The molecule has 0 heterocycles. The third-order valence-electron chi connectivity index (χ3n) is 4.07. The summed E-state index contributed by atoms with van der Waals surface area (Å²) >= 11 is 0. The predicted molar refractivity (Wildman–Crippen MR) is 77.2 cm³/mol. The summed E-state index contributed by atoms with van der Waals surface area (Å²) < 4.78 is 10.1. The van der Waals surface area contributed by atoms with Gasteiger partial charge >= 0.3 is 12.0 Å². The molecule has 2 amide bonds. The highest BCUT2D eigenvalue weighted by Gasteiger charge is 2.42. The minimum Gasteiger partial charge on any atom is -0.480 e. The van der Waals surface area contributed by atoms with Gasteiger partial charge in [0.1, 0.15) is 5.54 Å². The summed E-state index contributed by atoms with van der Waals surface area (Å²) in [5.41, 5.74) is -1.15. The first-order valence-corrected chi connectivity index (χ1v) is 7.24. The zero-order chi connectivity index (χ0) is 15.9. The number of ether oxygens (including phenoxy) is 2. The lowest BCUT2D eigenvalue weighted by atomic mass is 9.77. The molecule has 0 radical (unpaired) electrons. The first kappa shape index (κ1) is 17.7. The van der Waals surface area contributed by atoms with Gasteiger partial charge in [0.2, 0.25) is 0 Å². The second-order valence-corrected chi connectivity index (χ2v) is 5.72. The van der Waals surface area contributed by atoms with E-state index >= 15 is 0 Å². The first-order chi connectivity index (χ1) is 9.93. The van der Waals surface area contributed by atoms with Crippen LogP contribution in [0.4, 0.5) is 4.79 Å². The van der Waals surface area contributed by atoms with Crippen molar-refractivity contribution in [3.05, 3.63) is 0 Å². The quantitative estimate of drug-likeness (QED) is 0.651. The molecule has 21 heavy (non-hydrogen) atoms. The largest absolute Gasteiger partial charge is 0.480 e. The molecule has 7 heteroatoms. The summed E-state index contributed by atoms with van der Waals surface area (Å²) in [6, 6.07) is -0.481. The van der Waals surface area contributed by atoms with E-state index in [-0.39, 0.29) is 12.6 Å². The normalized spacial score (nSPS) is 26.9. The van der Waals surface area contributed by atoms with Crippen LogP contribution in [-0.2, 0) is 14.3 Å². The van der Waals surface area contributed by atoms with E-state index in [4.69, 9.17) is 9.47 Å². The Bertz CT molecular complexity index is 353. The number of carboxylic acids is 1. The summed E-state index contributed by atoms with van der Waals surface area (Å²) in [4.78, 5) is 23.5. The van der Waals surface area contributed by atoms with Gasteiger partial charge < -0.3 is 25.2 Å². The van der Waals surface area contributed by atoms with Crippen molar-refractivity contribution in [1.82, 2.24) is 10.6 Å². The zero-order valence-electron chi connectivity index (χ0n) is 13.0. The lowest BCUT2D eigenvalue weighted by molar-refractivity contribution is -0.146. The van der Waals surface area contributed by atoms with Crippen molar-refractivity contribution in [3.63, 3.8) is 0 Å². The maximum atomic E-state index is 11.9. The predicted octanol–water partition coefficient (Wildman–Crippen LogP) is 0.981. The van der Waals surface area contributed by atoms with E-state index in [1.54, 1.807) is 7.11 Å². The third kappa shape index (κ3) is 5.17. The van der Waals surface area contributed by atoms with Crippen molar-refractivity contribution in [2.24, 2.45) is 5.92 Å². The molecule has 0 spiro atoms. The molecule has 122 valence electrons. The van der Waals surface area contributed by atoms with E-state index in [9.17, 15) is 14.7 Å². The number of amides is 2. The number of carbonyl (C=O) groups is 2. The molecule has 0 aromatic heterocycles.